The van der Waals surface area contributed by atoms with Gasteiger partial charge in [0.1, 0.15) is 11.6 Å². The van der Waals surface area contributed by atoms with E-state index < -0.39 is 0 Å². The number of hydrogen-bond donors (Lipinski definition) is 1. The minimum atomic E-state index is 0.420. The maximum absolute atomic E-state index is 6.11. The van der Waals surface area contributed by atoms with E-state index in [1.807, 2.05) is 26.0 Å². The summed E-state index contributed by atoms with van der Waals surface area (Å²) in [6.45, 7) is 4.60. The first-order valence-electron chi connectivity index (χ1n) is 8.94. The number of rotatable bonds is 5. The monoisotopic (exact) mass is 341 g/mol. The van der Waals surface area contributed by atoms with E-state index in [0.717, 1.165) is 35.5 Å². The molecule has 6 nitrogen and oxygen atoms in total. The number of nitrogen functional groups attached to an aromatic ring is 1. The Labute approximate surface area is 149 Å². The van der Waals surface area contributed by atoms with Crippen LogP contribution in [-0.4, -0.2) is 28.1 Å². The lowest BCUT2D eigenvalue weighted by Gasteiger charge is -2.34. The van der Waals surface area contributed by atoms with Gasteiger partial charge in [-0.3, -0.25) is 4.98 Å². The van der Waals surface area contributed by atoms with E-state index in [9.17, 15) is 0 Å². The molecule has 0 bridgehead atoms. The van der Waals surface area contributed by atoms with Gasteiger partial charge in [-0.2, -0.15) is 4.98 Å². The number of pyridine rings is 1. The minimum absolute atomic E-state index is 0.420. The van der Waals surface area contributed by atoms with Crippen molar-refractivity contribution in [3.63, 3.8) is 0 Å². The van der Waals surface area contributed by atoms with Gasteiger partial charge in [0.15, 0.2) is 0 Å². The van der Waals surface area contributed by atoms with Crippen molar-refractivity contribution in [1.29, 1.82) is 0 Å². The van der Waals surface area contributed by atoms with Crippen LogP contribution in [0, 0.1) is 13.8 Å². The quantitative estimate of drug-likeness (QED) is 0.898. The summed E-state index contributed by atoms with van der Waals surface area (Å²) in [7, 11) is 1.67. The molecule has 25 heavy (non-hydrogen) atoms. The molecular weight excluding hydrogens is 314 g/mol. The van der Waals surface area contributed by atoms with Crippen LogP contribution < -0.4 is 15.4 Å². The highest BCUT2D eigenvalue weighted by Gasteiger charge is 2.25. The summed E-state index contributed by atoms with van der Waals surface area (Å²) in [6.07, 6.45) is 7.88. The molecule has 2 heterocycles. The van der Waals surface area contributed by atoms with Crippen LogP contribution in [0.4, 0.5) is 11.8 Å². The third kappa shape index (κ3) is 4.00. The van der Waals surface area contributed by atoms with Crippen molar-refractivity contribution in [1.82, 2.24) is 15.0 Å². The summed E-state index contributed by atoms with van der Waals surface area (Å²) in [6, 6.07) is 4.25. The normalized spacial score (nSPS) is 15.2. The van der Waals surface area contributed by atoms with Crippen LogP contribution in [0.5, 0.6) is 5.75 Å². The number of ether oxygens (including phenoxy) is 1. The molecule has 0 radical (unpaired) electrons. The van der Waals surface area contributed by atoms with Gasteiger partial charge >= 0.3 is 0 Å². The van der Waals surface area contributed by atoms with Gasteiger partial charge in [-0.05, 0) is 32.8 Å². The molecule has 6 heteroatoms. The van der Waals surface area contributed by atoms with Gasteiger partial charge in [-0.25, -0.2) is 4.98 Å². The summed E-state index contributed by atoms with van der Waals surface area (Å²) in [5.74, 6) is 2.08. The van der Waals surface area contributed by atoms with E-state index in [2.05, 4.69) is 14.9 Å². The molecule has 1 fully saturated rings. The number of nitrogens with zero attached hydrogens (tertiary/aromatic N) is 4. The van der Waals surface area contributed by atoms with Crippen molar-refractivity contribution in [2.24, 2.45) is 0 Å². The molecule has 2 aromatic heterocycles. The number of methoxy groups -OCH3 is 1. The van der Waals surface area contributed by atoms with Crippen LogP contribution in [0.3, 0.4) is 0 Å². The first-order valence-corrected chi connectivity index (χ1v) is 8.94. The van der Waals surface area contributed by atoms with Crippen LogP contribution in [0.2, 0.25) is 0 Å². The van der Waals surface area contributed by atoms with Crippen LogP contribution >= 0.6 is 0 Å². The van der Waals surface area contributed by atoms with Crippen molar-refractivity contribution in [2.75, 3.05) is 17.7 Å². The molecular formula is C19H27N5O. The van der Waals surface area contributed by atoms with Gasteiger partial charge < -0.3 is 15.4 Å². The van der Waals surface area contributed by atoms with E-state index in [-0.39, 0.29) is 0 Å². The van der Waals surface area contributed by atoms with Crippen molar-refractivity contribution in [2.45, 2.75) is 58.5 Å². The van der Waals surface area contributed by atoms with Crippen molar-refractivity contribution >= 4 is 11.8 Å². The predicted octanol–water partition coefficient (Wildman–Crippen LogP) is 3.42. The van der Waals surface area contributed by atoms with Crippen LogP contribution in [0.1, 0.15) is 49.1 Å². The molecule has 1 aliphatic carbocycles. The Bertz CT molecular complexity index is 704. The summed E-state index contributed by atoms with van der Waals surface area (Å²) in [5.41, 5.74) is 8.95. The summed E-state index contributed by atoms with van der Waals surface area (Å²) in [5, 5.41) is 0. The Morgan fingerprint density at radius 1 is 1.20 bits per heavy atom. The fourth-order valence-corrected chi connectivity index (χ4v) is 3.36. The molecule has 0 atom stereocenters. The lowest BCUT2D eigenvalue weighted by atomic mass is 9.94. The Balaban J connectivity index is 1.94. The number of anilines is 2. The minimum Gasteiger partial charge on any atom is -0.497 e. The second kappa shape index (κ2) is 7.68. The number of nitrogens with two attached hydrogens (primary N) is 1. The Morgan fingerprint density at radius 2 is 1.96 bits per heavy atom. The number of aromatic nitrogens is 3. The second-order valence-electron chi connectivity index (χ2n) is 6.73. The molecule has 0 aliphatic heterocycles. The molecule has 0 amide bonds. The highest BCUT2D eigenvalue weighted by Crippen LogP contribution is 2.28. The fourth-order valence-electron chi connectivity index (χ4n) is 3.36. The number of hydrogen-bond acceptors (Lipinski definition) is 6. The topological polar surface area (TPSA) is 77.2 Å². The number of aryl methyl sites for hydroxylation is 1. The van der Waals surface area contributed by atoms with Crippen molar-refractivity contribution < 1.29 is 4.74 Å². The highest BCUT2D eigenvalue weighted by molar-refractivity contribution is 5.47. The standard InChI is InChI=1S/C19H27N5O/c1-13-14(2)22-19(23-18(13)20)24(16-7-5-4-6-8-16)12-15-11-17(25-3)9-10-21-15/h9-11,16H,4-8,12H2,1-3H3,(H2,20,22,23). The molecule has 0 saturated heterocycles. The van der Waals surface area contributed by atoms with Gasteiger partial charge in [-0.1, -0.05) is 19.3 Å². The lowest BCUT2D eigenvalue weighted by molar-refractivity contribution is 0.404. The van der Waals surface area contributed by atoms with E-state index in [1.54, 1.807) is 13.3 Å². The smallest absolute Gasteiger partial charge is 0.228 e. The Hall–Kier alpha value is -2.37. The van der Waals surface area contributed by atoms with Crippen LogP contribution in [-0.2, 0) is 6.54 Å². The maximum atomic E-state index is 6.11. The van der Waals surface area contributed by atoms with Crippen LogP contribution in [0.15, 0.2) is 18.3 Å². The Kier molecular flexibility index (Phi) is 5.36. The van der Waals surface area contributed by atoms with Crippen LogP contribution in [0.25, 0.3) is 0 Å². The molecule has 2 N–H and O–H groups in total. The highest BCUT2D eigenvalue weighted by atomic mass is 16.5. The summed E-state index contributed by atoms with van der Waals surface area (Å²) in [4.78, 5) is 16.1. The first-order chi connectivity index (χ1) is 12.1. The third-order valence-electron chi connectivity index (χ3n) is 5.04. The summed E-state index contributed by atoms with van der Waals surface area (Å²) >= 11 is 0. The van der Waals surface area contributed by atoms with Gasteiger partial charge in [0.05, 0.1) is 19.3 Å². The lowest BCUT2D eigenvalue weighted by Crippen LogP contribution is -2.38. The van der Waals surface area contributed by atoms with Crippen molar-refractivity contribution in [3.05, 3.63) is 35.3 Å². The third-order valence-corrected chi connectivity index (χ3v) is 5.04. The van der Waals surface area contributed by atoms with Gasteiger partial charge in [0.25, 0.3) is 0 Å². The van der Waals surface area contributed by atoms with E-state index in [0.29, 0.717) is 24.4 Å². The molecule has 0 spiro atoms. The van der Waals surface area contributed by atoms with Gasteiger partial charge in [-0.15, -0.1) is 0 Å². The molecule has 0 unspecified atom stereocenters. The molecule has 3 rings (SSSR count). The largest absolute Gasteiger partial charge is 0.497 e. The maximum Gasteiger partial charge on any atom is 0.228 e. The molecule has 2 aromatic rings. The first kappa shape index (κ1) is 17.5. The summed E-state index contributed by atoms with van der Waals surface area (Å²) < 4.78 is 5.33. The van der Waals surface area contributed by atoms with Gasteiger partial charge in [0.2, 0.25) is 5.95 Å². The van der Waals surface area contributed by atoms with E-state index in [4.69, 9.17) is 15.5 Å². The average molecular weight is 341 g/mol. The fraction of sp³-hybridized carbons (Fsp3) is 0.526. The van der Waals surface area contributed by atoms with E-state index >= 15 is 0 Å². The molecule has 1 saturated carbocycles. The SMILES string of the molecule is COc1ccnc(CN(c2nc(C)c(C)c(N)n2)C2CCCCC2)c1. The van der Waals surface area contributed by atoms with Crippen molar-refractivity contribution in [3.8, 4) is 5.75 Å². The van der Waals surface area contributed by atoms with Gasteiger partial charge in [0, 0.05) is 29.6 Å². The zero-order chi connectivity index (χ0) is 17.8. The molecule has 134 valence electrons. The zero-order valence-corrected chi connectivity index (χ0v) is 15.3. The second-order valence-corrected chi connectivity index (χ2v) is 6.73. The predicted molar refractivity (Wildman–Crippen MR) is 99.8 cm³/mol. The zero-order valence-electron chi connectivity index (χ0n) is 15.3. The molecule has 1 aliphatic rings. The average Bonchev–Trinajstić information content (AvgIpc) is 2.64. The Morgan fingerprint density at radius 3 is 2.64 bits per heavy atom. The van der Waals surface area contributed by atoms with E-state index in [1.165, 1.54) is 19.3 Å². The molecule has 0 aromatic carbocycles.